The summed E-state index contributed by atoms with van der Waals surface area (Å²) in [5.41, 5.74) is 26.5. The van der Waals surface area contributed by atoms with E-state index in [-0.39, 0.29) is 0 Å². The van der Waals surface area contributed by atoms with Gasteiger partial charge in [-0.15, -0.1) is 0 Å². The number of nitrogen functional groups attached to an aromatic ring is 2. The Bertz CT molecular complexity index is 1910. The molecule has 5 N–H and O–H groups in total. The lowest BCUT2D eigenvalue weighted by Gasteiger charge is -2.14. The van der Waals surface area contributed by atoms with Crippen molar-refractivity contribution in [1.82, 2.24) is 4.98 Å². The Kier molecular flexibility index (Phi) is 13.0. The van der Waals surface area contributed by atoms with Crippen molar-refractivity contribution in [2.24, 2.45) is 0 Å². The number of nitrogens with two attached hydrogens (primary N) is 2. The zero-order valence-electron chi connectivity index (χ0n) is 29.3. The standard InChI is InChI=1S/C37H32N4.C4H10.C3H8/c1-24-14-28(27-11-7-13-35(21-27)40-2)16-31(15-24)36-22-30(25-8-4-3-5-9-25)23-37(41-36)32-17-29(19-34(39)20-32)26-10-6-12-33(38)18-26;1-3-4-2;1-3-2/h3-23,40H,38-39H2,1-2H3;3-4H2,1-2H3;3H2,1-2H3. The summed E-state index contributed by atoms with van der Waals surface area (Å²) < 4.78 is 0. The van der Waals surface area contributed by atoms with Crippen molar-refractivity contribution in [1.29, 1.82) is 0 Å². The molecule has 48 heavy (non-hydrogen) atoms. The van der Waals surface area contributed by atoms with Gasteiger partial charge in [0.25, 0.3) is 0 Å². The number of nitrogens with one attached hydrogen (secondary N) is 1. The number of pyridine rings is 1. The number of rotatable bonds is 7. The van der Waals surface area contributed by atoms with E-state index in [1.54, 1.807) is 0 Å². The zero-order chi connectivity index (χ0) is 34.5. The van der Waals surface area contributed by atoms with E-state index < -0.39 is 0 Å². The third-order valence-corrected chi connectivity index (χ3v) is 7.76. The molecule has 0 bridgehead atoms. The molecular formula is C44H50N4. The maximum absolute atomic E-state index is 6.43. The van der Waals surface area contributed by atoms with Crippen LogP contribution in [0.15, 0.2) is 127 Å². The maximum atomic E-state index is 6.43. The van der Waals surface area contributed by atoms with E-state index in [9.17, 15) is 0 Å². The van der Waals surface area contributed by atoms with Gasteiger partial charge >= 0.3 is 0 Å². The van der Waals surface area contributed by atoms with Gasteiger partial charge in [-0.2, -0.15) is 0 Å². The zero-order valence-corrected chi connectivity index (χ0v) is 29.3. The summed E-state index contributed by atoms with van der Waals surface area (Å²) in [5, 5.41) is 3.24. The normalized spacial score (nSPS) is 10.3. The van der Waals surface area contributed by atoms with E-state index in [4.69, 9.17) is 16.5 Å². The Morgan fingerprint density at radius 3 is 1.56 bits per heavy atom. The van der Waals surface area contributed by atoms with E-state index in [1.807, 2.05) is 49.5 Å². The van der Waals surface area contributed by atoms with Crippen LogP contribution in [-0.4, -0.2) is 12.0 Å². The van der Waals surface area contributed by atoms with Gasteiger partial charge in [0.05, 0.1) is 11.4 Å². The van der Waals surface area contributed by atoms with Crippen molar-refractivity contribution < 1.29 is 0 Å². The van der Waals surface area contributed by atoms with Crippen LogP contribution in [0.5, 0.6) is 0 Å². The van der Waals surface area contributed by atoms with Crippen LogP contribution in [0.1, 0.15) is 52.5 Å². The van der Waals surface area contributed by atoms with Gasteiger partial charge in [0, 0.05) is 35.2 Å². The molecule has 0 saturated carbocycles. The van der Waals surface area contributed by atoms with Gasteiger partial charge in [0.1, 0.15) is 0 Å². The van der Waals surface area contributed by atoms with Gasteiger partial charge in [-0.1, -0.05) is 108 Å². The number of nitrogens with zero attached hydrogens (tertiary/aromatic N) is 1. The first kappa shape index (κ1) is 35.5. The van der Waals surface area contributed by atoms with Crippen molar-refractivity contribution in [3.63, 3.8) is 0 Å². The monoisotopic (exact) mass is 634 g/mol. The average molecular weight is 635 g/mol. The van der Waals surface area contributed by atoms with Crippen LogP contribution in [0.25, 0.3) is 55.9 Å². The lowest BCUT2D eigenvalue weighted by atomic mass is 9.95. The first-order chi connectivity index (χ1) is 23.3. The summed E-state index contributed by atoms with van der Waals surface area (Å²) in [6.07, 6.45) is 3.89. The molecule has 0 amide bonds. The van der Waals surface area contributed by atoms with Gasteiger partial charge in [0.15, 0.2) is 0 Å². The summed E-state index contributed by atoms with van der Waals surface area (Å²) >= 11 is 0. The van der Waals surface area contributed by atoms with Gasteiger partial charge in [0.2, 0.25) is 0 Å². The predicted octanol–water partition coefficient (Wildman–Crippen LogP) is 12.2. The van der Waals surface area contributed by atoms with Crippen molar-refractivity contribution in [3.8, 4) is 55.9 Å². The van der Waals surface area contributed by atoms with Crippen LogP contribution < -0.4 is 16.8 Å². The SMILES string of the molecule is CCC.CCCC.CNc1cccc(-c2cc(C)cc(-c3cc(-c4ccccc4)cc(-c4cc(N)cc(-c5cccc(N)c5)c4)n3)c2)c1. The van der Waals surface area contributed by atoms with E-state index in [1.165, 1.54) is 24.8 Å². The fourth-order valence-electron chi connectivity index (χ4n) is 5.26. The number of aryl methyl sites for hydroxylation is 1. The Morgan fingerprint density at radius 1 is 0.479 bits per heavy atom. The highest BCUT2D eigenvalue weighted by Gasteiger charge is 2.13. The molecule has 0 aliphatic rings. The van der Waals surface area contributed by atoms with Gasteiger partial charge < -0.3 is 16.8 Å². The molecule has 0 fully saturated rings. The van der Waals surface area contributed by atoms with Crippen LogP contribution >= 0.6 is 0 Å². The number of aromatic nitrogens is 1. The summed E-state index contributed by atoms with van der Waals surface area (Å²) in [4.78, 5) is 5.21. The maximum Gasteiger partial charge on any atom is 0.0716 e. The summed E-state index contributed by atoms with van der Waals surface area (Å²) in [7, 11) is 1.94. The molecule has 6 rings (SSSR count). The van der Waals surface area contributed by atoms with Crippen LogP contribution in [0.4, 0.5) is 17.1 Å². The second-order valence-electron chi connectivity index (χ2n) is 12.1. The molecule has 0 aliphatic carbocycles. The number of hydrogen-bond donors (Lipinski definition) is 3. The molecule has 0 unspecified atom stereocenters. The molecule has 5 aromatic carbocycles. The van der Waals surface area contributed by atoms with Gasteiger partial charge in [-0.05, 0) is 113 Å². The highest BCUT2D eigenvalue weighted by molar-refractivity contribution is 5.83. The molecule has 6 aromatic rings. The summed E-state index contributed by atoms with van der Waals surface area (Å²) in [6.45, 7) is 10.7. The first-order valence-electron chi connectivity index (χ1n) is 17.0. The van der Waals surface area contributed by atoms with Crippen molar-refractivity contribution in [3.05, 3.63) is 133 Å². The van der Waals surface area contributed by atoms with Crippen molar-refractivity contribution >= 4 is 17.1 Å². The third-order valence-electron chi connectivity index (χ3n) is 7.76. The van der Waals surface area contributed by atoms with Crippen LogP contribution in [0.2, 0.25) is 0 Å². The van der Waals surface area contributed by atoms with E-state index in [2.05, 4.69) is 125 Å². The first-order valence-corrected chi connectivity index (χ1v) is 17.0. The lowest BCUT2D eigenvalue weighted by Crippen LogP contribution is -1.95. The Hall–Kier alpha value is -5.35. The lowest BCUT2D eigenvalue weighted by molar-refractivity contribution is 0.886. The highest BCUT2D eigenvalue weighted by Crippen LogP contribution is 2.35. The molecular weight excluding hydrogens is 585 g/mol. The van der Waals surface area contributed by atoms with E-state index in [0.29, 0.717) is 11.4 Å². The Morgan fingerprint density at radius 2 is 0.958 bits per heavy atom. The second kappa shape index (κ2) is 17.5. The largest absolute Gasteiger partial charge is 0.399 e. The molecule has 0 spiro atoms. The molecule has 0 radical (unpaired) electrons. The van der Waals surface area contributed by atoms with Crippen LogP contribution in [-0.2, 0) is 0 Å². The van der Waals surface area contributed by atoms with Crippen LogP contribution in [0, 0.1) is 6.92 Å². The molecule has 0 atom stereocenters. The fraction of sp³-hybridized carbons (Fsp3) is 0.205. The number of hydrogen-bond acceptors (Lipinski definition) is 4. The second-order valence-corrected chi connectivity index (χ2v) is 12.1. The molecule has 4 heteroatoms. The summed E-state index contributed by atoms with van der Waals surface area (Å²) in [5.74, 6) is 0. The topological polar surface area (TPSA) is 77.0 Å². The minimum absolute atomic E-state index is 0.677. The Labute approximate surface area is 287 Å². The molecule has 0 aliphatic heterocycles. The third kappa shape index (κ3) is 9.59. The van der Waals surface area contributed by atoms with E-state index >= 15 is 0 Å². The smallest absolute Gasteiger partial charge is 0.0716 e. The minimum atomic E-state index is 0.677. The number of unbranched alkanes of at least 4 members (excludes halogenated alkanes) is 1. The highest BCUT2D eigenvalue weighted by atomic mass is 14.8. The number of benzene rings is 5. The molecule has 1 aromatic heterocycles. The van der Waals surface area contributed by atoms with Gasteiger partial charge in [-0.25, -0.2) is 4.98 Å². The van der Waals surface area contributed by atoms with Crippen LogP contribution in [0.3, 0.4) is 0 Å². The fourth-order valence-corrected chi connectivity index (χ4v) is 5.26. The van der Waals surface area contributed by atoms with Gasteiger partial charge in [-0.3, -0.25) is 0 Å². The summed E-state index contributed by atoms with van der Waals surface area (Å²) in [6, 6.07) is 43.8. The minimum Gasteiger partial charge on any atom is -0.399 e. The number of anilines is 3. The molecule has 0 saturated heterocycles. The molecule has 4 nitrogen and oxygen atoms in total. The molecule has 1 heterocycles. The van der Waals surface area contributed by atoms with E-state index in [0.717, 1.165) is 61.6 Å². The quantitative estimate of drug-likeness (QED) is 0.153. The van der Waals surface area contributed by atoms with Crippen molar-refractivity contribution in [2.75, 3.05) is 23.8 Å². The predicted molar refractivity (Wildman–Crippen MR) is 211 cm³/mol. The average Bonchev–Trinajstić information content (AvgIpc) is 3.11. The molecule has 246 valence electrons. The Balaban J connectivity index is 0.000000682. The van der Waals surface area contributed by atoms with Crippen molar-refractivity contribution in [2.45, 2.75) is 53.9 Å².